The van der Waals surface area contributed by atoms with Crippen molar-refractivity contribution in [3.8, 4) is 0 Å². The number of nitrogens with one attached hydrogen (secondary N) is 1. The number of benzene rings is 2. The number of thioether (sulfide) groups is 1. The van der Waals surface area contributed by atoms with Gasteiger partial charge in [-0.2, -0.15) is 5.10 Å². The maximum atomic E-state index is 12.1. The molecule has 6 heteroatoms. The summed E-state index contributed by atoms with van der Waals surface area (Å²) in [5, 5.41) is 14.0. The fourth-order valence-corrected chi connectivity index (χ4v) is 3.47. The number of hydrogen-bond acceptors (Lipinski definition) is 5. The molecule has 26 heavy (non-hydrogen) atoms. The first-order valence-electron chi connectivity index (χ1n) is 8.60. The first kappa shape index (κ1) is 18.2. The van der Waals surface area contributed by atoms with Crippen LogP contribution in [0, 0.1) is 0 Å². The molecule has 0 aliphatic carbocycles. The van der Waals surface area contributed by atoms with E-state index in [1.807, 2.05) is 42.5 Å². The Balaban J connectivity index is 1.40. The van der Waals surface area contributed by atoms with Crippen LogP contribution in [-0.2, 0) is 4.79 Å². The SMILES string of the molecule is CN(CCCNC(=O)CSc1nncc2ccccc12)c1ccccc1. The van der Waals surface area contributed by atoms with E-state index < -0.39 is 0 Å². The molecule has 3 aromatic rings. The van der Waals surface area contributed by atoms with Gasteiger partial charge in [0.15, 0.2) is 0 Å². The van der Waals surface area contributed by atoms with Crippen LogP contribution in [-0.4, -0.2) is 42.0 Å². The number of amides is 1. The van der Waals surface area contributed by atoms with Crippen molar-refractivity contribution >= 4 is 34.1 Å². The highest BCUT2D eigenvalue weighted by molar-refractivity contribution is 8.00. The molecule has 0 atom stereocenters. The standard InChI is InChI=1S/C20H22N4OS/c1-24(17-9-3-2-4-10-17)13-7-12-21-19(25)15-26-20-18-11-6-5-8-16(18)14-22-23-20/h2-6,8-11,14H,7,12-13,15H2,1H3,(H,21,25). The zero-order valence-corrected chi connectivity index (χ0v) is 15.6. The fourth-order valence-electron chi connectivity index (χ4n) is 2.65. The molecule has 0 spiro atoms. The lowest BCUT2D eigenvalue weighted by molar-refractivity contribution is -0.118. The van der Waals surface area contributed by atoms with Crippen molar-refractivity contribution in [3.05, 3.63) is 60.8 Å². The molecular weight excluding hydrogens is 344 g/mol. The summed E-state index contributed by atoms with van der Waals surface area (Å²) >= 11 is 1.42. The Morgan fingerprint density at radius 3 is 2.73 bits per heavy atom. The number of aromatic nitrogens is 2. The molecule has 0 aliphatic heterocycles. The van der Waals surface area contributed by atoms with Crippen LogP contribution in [0.2, 0.25) is 0 Å². The van der Waals surface area contributed by atoms with Crippen LogP contribution < -0.4 is 10.2 Å². The van der Waals surface area contributed by atoms with Crippen molar-refractivity contribution in [1.29, 1.82) is 0 Å². The highest BCUT2D eigenvalue weighted by Crippen LogP contribution is 2.24. The summed E-state index contributed by atoms with van der Waals surface area (Å²) in [6, 6.07) is 18.2. The second-order valence-electron chi connectivity index (χ2n) is 5.99. The van der Waals surface area contributed by atoms with E-state index in [9.17, 15) is 4.79 Å². The number of carbonyl (C=O) groups excluding carboxylic acids is 1. The quantitative estimate of drug-likeness (QED) is 0.489. The average molecular weight is 366 g/mol. The number of nitrogens with zero attached hydrogens (tertiary/aromatic N) is 3. The van der Waals surface area contributed by atoms with Gasteiger partial charge in [0.1, 0.15) is 5.03 Å². The number of anilines is 1. The maximum Gasteiger partial charge on any atom is 0.230 e. The van der Waals surface area contributed by atoms with Crippen molar-refractivity contribution in [3.63, 3.8) is 0 Å². The topological polar surface area (TPSA) is 58.1 Å². The Hall–Kier alpha value is -2.60. The first-order valence-corrected chi connectivity index (χ1v) is 9.59. The van der Waals surface area contributed by atoms with Crippen LogP contribution in [0.5, 0.6) is 0 Å². The molecule has 1 heterocycles. The van der Waals surface area contributed by atoms with Crippen molar-refractivity contribution in [2.45, 2.75) is 11.4 Å². The van der Waals surface area contributed by atoms with E-state index in [1.54, 1.807) is 6.20 Å². The minimum absolute atomic E-state index is 0.0205. The second-order valence-corrected chi connectivity index (χ2v) is 6.95. The highest BCUT2D eigenvalue weighted by Gasteiger charge is 2.07. The van der Waals surface area contributed by atoms with Crippen LogP contribution >= 0.6 is 11.8 Å². The van der Waals surface area contributed by atoms with E-state index in [-0.39, 0.29) is 5.91 Å². The lowest BCUT2D eigenvalue weighted by Gasteiger charge is -2.19. The third kappa shape index (κ3) is 4.95. The minimum atomic E-state index is 0.0205. The molecule has 0 saturated heterocycles. The number of para-hydroxylation sites is 1. The lowest BCUT2D eigenvalue weighted by atomic mass is 10.2. The van der Waals surface area contributed by atoms with Gasteiger partial charge in [0.05, 0.1) is 11.9 Å². The molecule has 3 rings (SSSR count). The summed E-state index contributed by atoms with van der Waals surface area (Å²) in [7, 11) is 2.06. The average Bonchev–Trinajstić information content (AvgIpc) is 2.70. The van der Waals surface area contributed by atoms with E-state index in [4.69, 9.17) is 0 Å². The zero-order chi connectivity index (χ0) is 18.2. The summed E-state index contributed by atoms with van der Waals surface area (Å²) in [6.45, 7) is 1.56. The van der Waals surface area contributed by atoms with Gasteiger partial charge in [-0.25, -0.2) is 0 Å². The van der Waals surface area contributed by atoms with E-state index >= 15 is 0 Å². The Labute approximate surface area is 157 Å². The van der Waals surface area contributed by atoms with Gasteiger partial charge in [-0.15, -0.1) is 5.10 Å². The normalized spacial score (nSPS) is 10.7. The largest absolute Gasteiger partial charge is 0.375 e. The van der Waals surface area contributed by atoms with Gasteiger partial charge < -0.3 is 10.2 Å². The first-order chi connectivity index (χ1) is 12.7. The molecule has 0 aliphatic rings. The number of carbonyl (C=O) groups is 1. The van der Waals surface area contributed by atoms with Crippen molar-refractivity contribution in [2.24, 2.45) is 0 Å². The molecule has 0 unspecified atom stereocenters. The van der Waals surface area contributed by atoms with Crippen LogP contribution in [0.3, 0.4) is 0 Å². The van der Waals surface area contributed by atoms with Crippen LogP contribution in [0.25, 0.3) is 10.8 Å². The maximum absolute atomic E-state index is 12.1. The Bertz CT molecular complexity index is 851. The van der Waals surface area contributed by atoms with E-state index in [1.165, 1.54) is 17.4 Å². The molecule has 0 bridgehead atoms. The molecule has 134 valence electrons. The van der Waals surface area contributed by atoms with Crippen molar-refractivity contribution < 1.29 is 4.79 Å². The van der Waals surface area contributed by atoms with Crippen molar-refractivity contribution in [2.75, 3.05) is 30.8 Å². The van der Waals surface area contributed by atoms with Gasteiger partial charge >= 0.3 is 0 Å². The third-order valence-corrected chi connectivity index (χ3v) is 5.05. The smallest absolute Gasteiger partial charge is 0.230 e. The predicted molar refractivity (Wildman–Crippen MR) is 108 cm³/mol. The van der Waals surface area contributed by atoms with Crippen molar-refractivity contribution in [1.82, 2.24) is 15.5 Å². The molecule has 0 saturated carbocycles. The lowest BCUT2D eigenvalue weighted by Crippen LogP contribution is -2.29. The van der Waals surface area contributed by atoms with Gasteiger partial charge in [0.2, 0.25) is 5.91 Å². The van der Waals surface area contributed by atoms with Gasteiger partial charge in [0, 0.05) is 36.6 Å². The molecule has 0 radical (unpaired) electrons. The zero-order valence-electron chi connectivity index (χ0n) is 14.8. The molecule has 5 nitrogen and oxygen atoms in total. The molecular formula is C20H22N4OS. The van der Waals surface area contributed by atoms with E-state index in [0.717, 1.165) is 28.8 Å². The second kappa shape index (κ2) is 9.20. The summed E-state index contributed by atoms with van der Waals surface area (Å²) in [6.07, 6.45) is 2.64. The van der Waals surface area contributed by atoms with Gasteiger partial charge in [0.25, 0.3) is 0 Å². The highest BCUT2D eigenvalue weighted by atomic mass is 32.2. The Morgan fingerprint density at radius 1 is 1.12 bits per heavy atom. The van der Waals surface area contributed by atoms with Gasteiger partial charge in [-0.05, 0) is 18.6 Å². The minimum Gasteiger partial charge on any atom is -0.375 e. The van der Waals surface area contributed by atoms with Crippen LogP contribution in [0.4, 0.5) is 5.69 Å². The number of rotatable bonds is 8. The monoisotopic (exact) mass is 366 g/mol. The molecule has 0 fully saturated rings. The Kier molecular flexibility index (Phi) is 6.44. The van der Waals surface area contributed by atoms with Gasteiger partial charge in [-0.1, -0.05) is 54.2 Å². The number of fused-ring (bicyclic) bond motifs is 1. The molecule has 2 aromatic carbocycles. The summed E-state index contributed by atoms with van der Waals surface area (Å²) in [5.74, 6) is 0.365. The van der Waals surface area contributed by atoms with Gasteiger partial charge in [-0.3, -0.25) is 4.79 Å². The van der Waals surface area contributed by atoms with Crippen LogP contribution in [0.15, 0.2) is 65.8 Å². The molecule has 1 N–H and O–H groups in total. The summed E-state index contributed by atoms with van der Waals surface area (Å²) < 4.78 is 0. The van der Waals surface area contributed by atoms with Crippen LogP contribution in [0.1, 0.15) is 6.42 Å². The molecule has 1 amide bonds. The molecule has 1 aromatic heterocycles. The van der Waals surface area contributed by atoms with E-state index in [2.05, 4.69) is 39.6 Å². The predicted octanol–water partition coefficient (Wildman–Crippen LogP) is 3.36. The summed E-state index contributed by atoms with van der Waals surface area (Å²) in [5.41, 5.74) is 1.18. The van der Waals surface area contributed by atoms with E-state index in [0.29, 0.717) is 12.3 Å². The fraction of sp³-hybridized carbons (Fsp3) is 0.250. The number of hydrogen-bond donors (Lipinski definition) is 1. The Morgan fingerprint density at radius 2 is 1.88 bits per heavy atom. The third-order valence-electron chi connectivity index (χ3n) is 4.07. The summed E-state index contributed by atoms with van der Waals surface area (Å²) in [4.78, 5) is 14.3.